The second-order valence-electron chi connectivity index (χ2n) is 4.76. The molecule has 1 aromatic rings. The zero-order valence-corrected chi connectivity index (χ0v) is 13.6. The fourth-order valence-corrected chi connectivity index (χ4v) is 3.65. The van der Waals surface area contributed by atoms with E-state index < -0.39 is 20.6 Å². The van der Waals surface area contributed by atoms with E-state index in [1.807, 2.05) is 0 Å². The summed E-state index contributed by atoms with van der Waals surface area (Å²) in [7, 11) is -2.59. The standard InChI is InChI=1S/C12H17N3O5S.ClH/c1-20-10-4-5-12(11(7-10)15(16)17)21(18,19)14-9-3-2-6-13-8-9;/h4-5,7,9,13-14H,2-3,6,8H2,1H3;1H/t9-;/m0./s1. The summed E-state index contributed by atoms with van der Waals surface area (Å²) in [5.74, 6) is 0.236. The van der Waals surface area contributed by atoms with Crippen molar-refractivity contribution < 1.29 is 18.1 Å². The molecule has 1 atom stereocenters. The summed E-state index contributed by atoms with van der Waals surface area (Å²) in [5, 5.41) is 14.2. The maximum absolute atomic E-state index is 12.3. The van der Waals surface area contributed by atoms with Gasteiger partial charge in [-0.25, -0.2) is 13.1 Å². The Morgan fingerprint density at radius 2 is 2.18 bits per heavy atom. The molecule has 1 aliphatic rings. The van der Waals surface area contributed by atoms with Gasteiger partial charge in [0, 0.05) is 12.6 Å². The van der Waals surface area contributed by atoms with Gasteiger partial charge in [-0.15, -0.1) is 12.4 Å². The number of rotatable bonds is 5. The molecule has 124 valence electrons. The summed E-state index contributed by atoms with van der Waals surface area (Å²) >= 11 is 0. The first-order valence-electron chi connectivity index (χ1n) is 6.49. The third-order valence-corrected chi connectivity index (χ3v) is 4.84. The van der Waals surface area contributed by atoms with Crippen molar-refractivity contribution in [3.8, 4) is 5.75 Å². The number of halogens is 1. The lowest BCUT2D eigenvalue weighted by Gasteiger charge is -2.23. The average Bonchev–Trinajstić information content (AvgIpc) is 2.47. The van der Waals surface area contributed by atoms with E-state index in [9.17, 15) is 18.5 Å². The Kier molecular flexibility index (Phi) is 6.54. The van der Waals surface area contributed by atoms with Crippen molar-refractivity contribution in [2.24, 2.45) is 0 Å². The van der Waals surface area contributed by atoms with Crippen LogP contribution >= 0.6 is 12.4 Å². The topological polar surface area (TPSA) is 111 Å². The molecule has 10 heteroatoms. The van der Waals surface area contributed by atoms with E-state index in [0.717, 1.165) is 19.0 Å². The Balaban J connectivity index is 0.00000242. The molecule has 0 amide bonds. The summed E-state index contributed by atoms with van der Waals surface area (Å²) in [5.41, 5.74) is -0.495. The number of methoxy groups -OCH3 is 1. The average molecular weight is 352 g/mol. The summed E-state index contributed by atoms with van der Waals surface area (Å²) in [6, 6.07) is 3.43. The second kappa shape index (κ2) is 7.73. The predicted octanol–water partition coefficient (Wildman–Crippen LogP) is 1.06. The van der Waals surface area contributed by atoms with E-state index in [0.29, 0.717) is 13.0 Å². The molecule has 0 aliphatic carbocycles. The van der Waals surface area contributed by atoms with Crippen molar-refractivity contribution >= 4 is 28.1 Å². The molecular weight excluding hydrogens is 334 g/mol. The molecule has 1 aromatic carbocycles. The van der Waals surface area contributed by atoms with E-state index in [-0.39, 0.29) is 29.1 Å². The first kappa shape index (κ1) is 18.6. The number of hydrogen-bond acceptors (Lipinski definition) is 6. The number of nitro benzene ring substituents is 1. The fraction of sp³-hybridized carbons (Fsp3) is 0.500. The lowest BCUT2D eigenvalue weighted by atomic mass is 10.1. The van der Waals surface area contributed by atoms with Gasteiger partial charge in [-0.2, -0.15) is 0 Å². The Labute approximate surface area is 134 Å². The van der Waals surface area contributed by atoms with Crippen molar-refractivity contribution in [1.29, 1.82) is 0 Å². The Morgan fingerprint density at radius 3 is 2.73 bits per heavy atom. The molecule has 1 aliphatic heterocycles. The Hall–Kier alpha value is -1.42. The maximum atomic E-state index is 12.3. The number of sulfonamides is 1. The van der Waals surface area contributed by atoms with Crippen LogP contribution in [0.4, 0.5) is 5.69 Å². The van der Waals surface area contributed by atoms with Crippen LogP contribution in [0.25, 0.3) is 0 Å². The van der Waals surface area contributed by atoms with Crippen LogP contribution in [0.3, 0.4) is 0 Å². The summed E-state index contributed by atoms with van der Waals surface area (Å²) in [4.78, 5) is 10.00. The zero-order valence-electron chi connectivity index (χ0n) is 11.9. The van der Waals surface area contributed by atoms with Gasteiger partial charge in [-0.3, -0.25) is 10.1 Å². The van der Waals surface area contributed by atoms with Crippen LogP contribution in [-0.2, 0) is 10.0 Å². The van der Waals surface area contributed by atoms with E-state index in [4.69, 9.17) is 4.74 Å². The highest BCUT2D eigenvalue weighted by Crippen LogP contribution is 2.28. The predicted molar refractivity (Wildman–Crippen MR) is 83.1 cm³/mol. The van der Waals surface area contributed by atoms with Crippen LogP contribution in [0.15, 0.2) is 23.1 Å². The van der Waals surface area contributed by atoms with Gasteiger partial charge < -0.3 is 10.1 Å². The van der Waals surface area contributed by atoms with Crippen LogP contribution in [0, 0.1) is 10.1 Å². The minimum Gasteiger partial charge on any atom is -0.497 e. The monoisotopic (exact) mass is 351 g/mol. The van der Waals surface area contributed by atoms with Crippen molar-refractivity contribution in [3.05, 3.63) is 28.3 Å². The number of nitrogens with zero attached hydrogens (tertiary/aromatic N) is 1. The summed E-state index contributed by atoms with van der Waals surface area (Å²) in [6.07, 6.45) is 1.56. The third kappa shape index (κ3) is 4.29. The highest BCUT2D eigenvalue weighted by atomic mass is 35.5. The molecule has 1 fully saturated rings. The minimum atomic E-state index is -3.95. The number of nitro groups is 1. The number of piperidine rings is 1. The molecule has 0 spiro atoms. The highest BCUT2D eigenvalue weighted by Gasteiger charge is 2.29. The minimum absolute atomic E-state index is 0. The number of nitrogens with one attached hydrogen (secondary N) is 2. The van der Waals surface area contributed by atoms with Crippen LogP contribution in [-0.4, -0.2) is 39.6 Å². The van der Waals surface area contributed by atoms with Gasteiger partial charge in [0.25, 0.3) is 5.69 Å². The van der Waals surface area contributed by atoms with Gasteiger partial charge >= 0.3 is 0 Å². The van der Waals surface area contributed by atoms with Crippen LogP contribution < -0.4 is 14.8 Å². The van der Waals surface area contributed by atoms with Crippen LogP contribution in [0.2, 0.25) is 0 Å². The molecular formula is C12H18ClN3O5S. The van der Waals surface area contributed by atoms with Crippen LogP contribution in [0.5, 0.6) is 5.75 Å². The lowest BCUT2D eigenvalue weighted by molar-refractivity contribution is -0.387. The number of ether oxygens (including phenoxy) is 1. The molecule has 8 nitrogen and oxygen atoms in total. The van der Waals surface area contributed by atoms with E-state index in [2.05, 4.69) is 10.0 Å². The molecule has 2 rings (SSSR count). The smallest absolute Gasteiger partial charge is 0.293 e. The van der Waals surface area contributed by atoms with Gasteiger partial charge in [-0.05, 0) is 31.5 Å². The van der Waals surface area contributed by atoms with Gasteiger partial charge in [0.15, 0.2) is 4.90 Å². The summed E-state index contributed by atoms with van der Waals surface area (Å²) < 4.78 is 32.1. The Bertz CT molecular complexity index is 632. The lowest BCUT2D eigenvalue weighted by Crippen LogP contribution is -2.45. The first-order valence-corrected chi connectivity index (χ1v) is 7.98. The van der Waals surface area contributed by atoms with Gasteiger partial charge in [-0.1, -0.05) is 0 Å². The SMILES string of the molecule is COc1ccc(S(=O)(=O)N[C@H]2CCCNC2)c([N+](=O)[O-])c1.Cl. The normalized spacial score (nSPS) is 18.3. The Morgan fingerprint density at radius 1 is 1.45 bits per heavy atom. The third-order valence-electron chi connectivity index (χ3n) is 3.27. The van der Waals surface area contributed by atoms with E-state index in [1.54, 1.807) is 0 Å². The van der Waals surface area contributed by atoms with Crippen LogP contribution in [0.1, 0.15) is 12.8 Å². The van der Waals surface area contributed by atoms with Crippen molar-refractivity contribution in [3.63, 3.8) is 0 Å². The fourth-order valence-electron chi connectivity index (χ4n) is 2.23. The van der Waals surface area contributed by atoms with Gasteiger partial charge in [0.2, 0.25) is 10.0 Å². The molecule has 0 bridgehead atoms. The molecule has 0 radical (unpaired) electrons. The van der Waals surface area contributed by atoms with Crippen molar-refractivity contribution in [2.45, 2.75) is 23.8 Å². The van der Waals surface area contributed by atoms with Crippen molar-refractivity contribution in [2.75, 3.05) is 20.2 Å². The quantitative estimate of drug-likeness (QED) is 0.606. The van der Waals surface area contributed by atoms with E-state index in [1.165, 1.54) is 19.2 Å². The molecule has 2 N–H and O–H groups in total. The highest BCUT2D eigenvalue weighted by molar-refractivity contribution is 7.89. The largest absolute Gasteiger partial charge is 0.497 e. The molecule has 0 unspecified atom stereocenters. The first-order chi connectivity index (χ1) is 9.94. The maximum Gasteiger partial charge on any atom is 0.293 e. The zero-order chi connectivity index (χ0) is 15.5. The molecule has 1 saturated heterocycles. The molecule has 0 aromatic heterocycles. The van der Waals surface area contributed by atoms with Gasteiger partial charge in [0.1, 0.15) is 5.75 Å². The summed E-state index contributed by atoms with van der Waals surface area (Å²) in [6.45, 7) is 1.37. The molecule has 1 heterocycles. The van der Waals surface area contributed by atoms with Gasteiger partial charge in [0.05, 0.1) is 18.1 Å². The number of hydrogen-bond donors (Lipinski definition) is 2. The van der Waals surface area contributed by atoms with E-state index >= 15 is 0 Å². The number of benzene rings is 1. The van der Waals surface area contributed by atoms with Crippen molar-refractivity contribution in [1.82, 2.24) is 10.0 Å². The molecule has 0 saturated carbocycles. The molecule has 22 heavy (non-hydrogen) atoms. The second-order valence-corrected chi connectivity index (χ2v) is 6.44.